The van der Waals surface area contributed by atoms with Crippen LogP contribution >= 0.6 is 11.3 Å². The summed E-state index contributed by atoms with van der Waals surface area (Å²) in [6.45, 7) is 6.60. The van der Waals surface area contributed by atoms with Crippen LogP contribution in [0.15, 0.2) is 11.4 Å². The molecule has 8 atom stereocenters. The largest absolute Gasteiger partial charge is 0.390 e. The first kappa shape index (κ1) is 19.3. The van der Waals surface area contributed by atoms with Crippen LogP contribution < -0.4 is 0 Å². The van der Waals surface area contributed by atoms with Crippen LogP contribution in [0, 0.1) is 47.8 Å². The first-order chi connectivity index (χ1) is 13.3. The van der Waals surface area contributed by atoms with Gasteiger partial charge in [0.15, 0.2) is 5.78 Å². The van der Waals surface area contributed by atoms with Gasteiger partial charge < -0.3 is 5.11 Å². The predicted molar refractivity (Wildman–Crippen MR) is 115 cm³/mol. The fraction of sp³-hybridized carbons (Fsp3) is 0.800. The fourth-order valence-corrected chi connectivity index (χ4v) is 9.22. The number of aryl methyl sites for hydroxylation is 1. The highest BCUT2D eigenvalue weighted by molar-refractivity contribution is 7.12. The van der Waals surface area contributed by atoms with Gasteiger partial charge in [-0.3, -0.25) is 4.79 Å². The molecular weight excluding hydrogens is 364 g/mol. The molecule has 1 aromatic heterocycles. The molecule has 28 heavy (non-hydrogen) atoms. The third-order valence-corrected chi connectivity index (χ3v) is 10.7. The molecule has 1 aromatic rings. The second-order valence-electron chi connectivity index (χ2n) is 11.1. The smallest absolute Gasteiger partial charge is 0.176 e. The quantitative estimate of drug-likeness (QED) is 0.595. The van der Waals surface area contributed by atoms with E-state index in [0.717, 1.165) is 53.7 Å². The van der Waals surface area contributed by atoms with Gasteiger partial charge in [-0.25, -0.2) is 0 Å². The van der Waals surface area contributed by atoms with E-state index in [9.17, 15) is 9.90 Å². The topological polar surface area (TPSA) is 37.3 Å². The monoisotopic (exact) mass is 400 g/mol. The SMILES string of the molecule is Cc1ccsc1C(=O)[C@H]1CC[C@H]2[C@@H]3CC[C@@H]4C[C@](C)(O)CC[C@@H]4[C@H]3CC[C@]12C. The maximum atomic E-state index is 13.4. The lowest BCUT2D eigenvalue weighted by molar-refractivity contribution is -0.0976. The molecule has 0 radical (unpaired) electrons. The Bertz CT molecular complexity index is 764. The highest BCUT2D eigenvalue weighted by Gasteiger charge is 2.59. The van der Waals surface area contributed by atoms with Gasteiger partial charge in [-0.1, -0.05) is 6.92 Å². The van der Waals surface area contributed by atoms with Gasteiger partial charge in [-0.05, 0) is 124 Å². The van der Waals surface area contributed by atoms with Gasteiger partial charge in [0.2, 0.25) is 0 Å². The fourth-order valence-electron chi connectivity index (χ4n) is 8.30. The molecule has 1 N–H and O–H groups in total. The molecule has 3 heteroatoms. The van der Waals surface area contributed by atoms with Crippen molar-refractivity contribution in [2.24, 2.45) is 40.9 Å². The lowest BCUT2D eigenvalue weighted by atomic mass is 9.49. The number of ketones is 1. The van der Waals surface area contributed by atoms with Crippen LogP contribution in [0.2, 0.25) is 0 Å². The second kappa shape index (κ2) is 6.67. The third-order valence-electron chi connectivity index (χ3n) is 9.64. The van der Waals surface area contributed by atoms with Gasteiger partial charge in [0.05, 0.1) is 10.5 Å². The van der Waals surface area contributed by atoms with Gasteiger partial charge in [0.25, 0.3) is 0 Å². The minimum absolute atomic E-state index is 0.210. The number of aliphatic hydroxyl groups is 1. The number of thiophene rings is 1. The van der Waals surface area contributed by atoms with E-state index in [4.69, 9.17) is 0 Å². The molecule has 4 aliphatic rings. The molecule has 4 saturated carbocycles. The van der Waals surface area contributed by atoms with Crippen molar-refractivity contribution in [1.82, 2.24) is 0 Å². The van der Waals surface area contributed by atoms with Crippen molar-refractivity contribution in [2.45, 2.75) is 84.2 Å². The first-order valence-electron chi connectivity index (χ1n) is 11.6. The number of Topliss-reactive ketones (excluding diaryl/α,β-unsaturated/α-hetero) is 1. The summed E-state index contributed by atoms with van der Waals surface area (Å²) in [5.74, 6) is 4.66. The zero-order valence-corrected chi connectivity index (χ0v) is 18.6. The molecule has 0 bridgehead atoms. The van der Waals surface area contributed by atoms with E-state index in [1.807, 2.05) is 6.92 Å². The molecule has 4 fully saturated rings. The van der Waals surface area contributed by atoms with E-state index in [0.29, 0.717) is 5.78 Å². The number of carbonyl (C=O) groups is 1. The molecule has 2 nitrogen and oxygen atoms in total. The van der Waals surface area contributed by atoms with E-state index in [1.165, 1.54) is 44.1 Å². The Hall–Kier alpha value is -0.670. The lowest BCUT2D eigenvalue weighted by Crippen LogP contribution is -2.51. The van der Waals surface area contributed by atoms with Crippen molar-refractivity contribution in [2.75, 3.05) is 0 Å². The van der Waals surface area contributed by atoms with Crippen LogP contribution in [0.1, 0.15) is 86.9 Å². The number of rotatable bonds is 2. The third kappa shape index (κ3) is 2.87. The number of fused-ring (bicyclic) bond motifs is 5. The van der Waals surface area contributed by atoms with Crippen LogP contribution in [0.5, 0.6) is 0 Å². The van der Waals surface area contributed by atoms with Crippen molar-refractivity contribution in [3.8, 4) is 0 Å². The van der Waals surface area contributed by atoms with E-state index >= 15 is 0 Å². The Morgan fingerprint density at radius 2 is 1.82 bits per heavy atom. The zero-order chi connectivity index (χ0) is 19.7. The van der Waals surface area contributed by atoms with Crippen molar-refractivity contribution < 1.29 is 9.90 Å². The molecule has 4 aliphatic carbocycles. The van der Waals surface area contributed by atoms with E-state index < -0.39 is 5.60 Å². The molecule has 154 valence electrons. The Balaban J connectivity index is 1.37. The van der Waals surface area contributed by atoms with Gasteiger partial charge in [-0.15, -0.1) is 11.3 Å². The summed E-state index contributed by atoms with van der Waals surface area (Å²) in [4.78, 5) is 14.5. The first-order valence-corrected chi connectivity index (χ1v) is 12.5. The molecule has 1 heterocycles. The molecular formula is C25H36O2S. The Morgan fingerprint density at radius 3 is 2.57 bits per heavy atom. The molecule has 5 rings (SSSR count). The molecule has 0 amide bonds. The van der Waals surface area contributed by atoms with Gasteiger partial charge in [0.1, 0.15) is 0 Å². The highest BCUT2D eigenvalue weighted by Crippen LogP contribution is 2.65. The van der Waals surface area contributed by atoms with Crippen LogP contribution in [-0.2, 0) is 0 Å². The summed E-state index contributed by atoms with van der Waals surface area (Å²) in [5, 5.41) is 12.6. The average Bonchev–Trinajstić information content (AvgIpc) is 3.22. The van der Waals surface area contributed by atoms with Crippen molar-refractivity contribution >= 4 is 17.1 Å². The number of hydrogen-bond acceptors (Lipinski definition) is 3. The number of hydrogen-bond donors (Lipinski definition) is 1. The van der Waals surface area contributed by atoms with E-state index in [2.05, 4.69) is 25.3 Å². The van der Waals surface area contributed by atoms with Crippen LogP contribution in [0.25, 0.3) is 0 Å². The molecule has 0 saturated heterocycles. The van der Waals surface area contributed by atoms with E-state index in [1.54, 1.807) is 11.3 Å². The van der Waals surface area contributed by atoms with Gasteiger partial charge in [-0.2, -0.15) is 0 Å². The molecule has 0 aromatic carbocycles. The van der Waals surface area contributed by atoms with Crippen LogP contribution in [-0.4, -0.2) is 16.5 Å². The number of carbonyl (C=O) groups excluding carboxylic acids is 1. The molecule has 0 unspecified atom stereocenters. The van der Waals surface area contributed by atoms with E-state index in [-0.39, 0.29) is 11.3 Å². The van der Waals surface area contributed by atoms with Crippen molar-refractivity contribution in [1.29, 1.82) is 0 Å². The summed E-state index contributed by atoms with van der Waals surface area (Å²) in [5.41, 5.74) is 0.952. The average molecular weight is 401 g/mol. The standard InChI is InChI=1S/C25H36O2S/c1-15-10-13-28-23(15)22(26)21-7-6-20-19-5-4-16-14-24(2,27)11-8-17(16)18(19)9-12-25(20,21)3/h10,13,16-21,27H,4-9,11-12,14H2,1-3H3/t16-,17+,18-,19-,20+,21-,24-,25+/m1/s1. The normalized spacial score (nSPS) is 47.9. The summed E-state index contributed by atoms with van der Waals surface area (Å²) >= 11 is 1.65. The van der Waals surface area contributed by atoms with Crippen LogP contribution in [0.3, 0.4) is 0 Å². The van der Waals surface area contributed by atoms with Crippen LogP contribution in [0.4, 0.5) is 0 Å². The summed E-state index contributed by atoms with van der Waals surface area (Å²) in [6, 6.07) is 2.10. The minimum Gasteiger partial charge on any atom is -0.390 e. The Kier molecular flexibility index (Phi) is 4.60. The molecule has 0 spiro atoms. The zero-order valence-electron chi connectivity index (χ0n) is 17.7. The summed E-state index contributed by atoms with van der Waals surface area (Å²) in [7, 11) is 0. The summed E-state index contributed by atoms with van der Waals surface area (Å²) in [6.07, 6.45) is 10.8. The highest BCUT2D eigenvalue weighted by atomic mass is 32.1. The Labute approximate surface area is 174 Å². The van der Waals surface area contributed by atoms with Crippen molar-refractivity contribution in [3.63, 3.8) is 0 Å². The predicted octanol–water partition coefficient (Wildman–Crippen LogP) is 6.26. The minimum atomic E-state index is -0.430. The molecule has 0 aliphatic heterocycles. The maximum Gasteiger partial charge on any atom is 0.176 e. The van der Waals surface area contributed by atoms with Crippen molar-refractivity contribution in [3.05, 3.63) is 21.9 Å². The van der Waals surface area contributed by atoms with Gasteiger partial charge in [0, 0.05) is 5.92 Å². The van der Waals surface area contributed by atoms with Gasteiger partial charge >= 0.3 is 0 Å². The maximum absolute atomic E-state index is 13.4. The summed E-state index contributed by atoms with van der Waals surface area (Å²) < 4.78 is 0. The lowest BCUT2D eigenvalue weighted by Gasteiger charge is -2.56. The Morgan fingerprint density at radius 1 is 1.04 bits per heavy atom. The second-order valence-corrected chi connectivity index (χ2v) is 12.1.